The van der Waals surface area contributed by atoms with Crippen LogP contribution in [0.4, 0.5) is 11.4 Å². The van der Waals surface area contributed by atoms with Gasteiger partial charge in [-0.2, -0.15) is 5.10 Å². The minimum absolute atomic E-state index is 0.119. The number of benzene rings is 1. The van der Waals surface area contributed by atoms with E-state index in [2.05, 4.69) is 15.4 Å². The number of amides is 1. The summed E-state index contributed by atoms with van der Waals surface area (Å²) in [5.41, 5.74) is 7.92. The molecule has 88 valence electrons. The highest BCUT2D eigenvalue weighted by atomic mass is 16.2. The lowest BCUT2D eigenvalue weighted by molar-refractivity contribution is -0.116. The van der Waals surface area contributed by atoms with Gasteiger partial charge < -0.3 is 11.1 Å². The van der Waals surface area contributed by atoms with Crippen LogP contribution in [0.5, 0.6) is 0 Å². The third-order valence-corrected chi connectivity index (χ3v) is 2.34. The van der Waals surface area contributed by atoms with Gasteiger partial charge in [-0.25, -0.2) is 9.67 Å². The number of nitrogen functional groups attached to an aromatic ring is 1. The Hall–Kier alpha value is -2.37. The number of nitrogens with one attached hydrogen (secondary N) is 1. The first-order valence-corrected chi connectivity index (χ1v) is 5.14. The number of nitrogens with zero attached hydrogens (tertiary/aromatic N) is 3. The first kappa shape index (κ1) is 11.1. The molecular weight excluding hydrogens is 218 g/mol. The topological polar surface area (TPSA) is 85.8 Å². The number of rotatable bonds is 3. The van der Waals surface area contributed by atoms with Crippen LogP contribution in [0.15, 0.2) is 30.9 Å². The summed E-state index contributed by atoms with van der Waals surface area (Å²) in [7, 11) is 0. The van der Waals surface area contributed by atoms with Crippen LogP contribution in [0, 0.1) is 6.92 Å². The zero-order valence-electron chi connectivity index (χ0n) is 9.42. The Balaban J connectivity index is 2.08. The van der Waals surface area contributed by atoms with Gasteiger partial charge in [-0.15, -0.1) is 0 Å². The maximum atomic E-state index is 11.7. The highest BCUT2D eigenvalue weighted by Gasteiger charge is 2.08. The first-order chi connectivity index (χ1) is 8.16. The minimum atomic E-state index is -0.184. The smallest absolute Gasteiger partial charge is 0.246 e. The molecule has 0 radical (unpaired) electrons. The number of hydrogen-bond acceptors (Lipinski definition) is 4. The van der Waals surface area contributed by atoms with Crippen LogP contribution in [0.3, 0.4) is 0 Å². The Bertz CT molecular complexity index is 500. The Morgan fingerprint density at radius 2 is 2.35 bits per heavy atom. The van der Waals surface area contributed by atoms with E-state index in [1.165, 1.54) is 17.3 Å². The number of anilines is 2. The summed E-state index contributed by atoms with van der Waals surface area (Å²) in [5, 5.41) is 6.62. The summed E-state index contributed by atoms with van der Waals surface area (Å²) in [4.78, 5) is 15.5. The summed E-state index contributed by atoms with van der Waals surface area (Å²) >= 11 is 0. The van der Waals surface area contributed by atoms with Gasteiger partial charge >= 0.3 is 0 Å². The first-order valence-electron chi connectivity index (χ1n) is 5.14. The van der Waals surface area contributed by atoms with Crippen molar-refractivity contribution in [1.29, 1.82) is 0 Å². The summed E-state index contributed by atoms with van der Waals surface area (Å²) in [6.07, 6.45) is 2.87. The summed E-state index contributed by atoms with van der Waals surface area (Å²) in [6, 6.07) is 5.48. The largest absolute Gasteiger partial charge is 0.397 e. The van der Waals surface area contributed by atoms with Crippen LogP contribution >= 0.6 is 0 Å². The van der Waals surface area contributed by atoms with Gasteiger partial charge in [-0.05, 0) is 18.6 Å². The third-order valence-electron chi connectivity index (χ3n) is 2.34. The van der Waals surface area contributed by atoms with Crippen molar-refractivity contribution in [3.63, 3.8) is 0 Å². The van der Waals surface area contributed by atoms with Crippen molar-refractivity contribution in [3.8, 4) is 0 Å². The average molecular weight is 231 g/mol. The predicted molar refractivity (Wildman–Crippen MR) is 64.2 cm³/mol. The monoisotopic (exact) mass is 231 g/mol. The van der Waals surface area contributed by atoms with E-state index < -0.39 is 0 Å². The molecule has 0 unspecified atom stereocenters. The maximum Gasteiger partial charge on any atom is 0.246 e. The number of para-hydroxylation sites is 1. The molecule has 0 spiro atoms. The second kappa shape index (κ2) is 4.65. The fourth-order valence-electron chi connectivity index (χ4n) is 1.50. The van der Waals surface area contributed by atoms with Gasteiger partial charge in [0.15, 0.2) is 0 Å². The molecule has 0 saturated carbocycles. The molecule has 1 amide bonds. The van der Waals surface area contributed by atoms with Gasteiger partial charge in [0.05, 0.1) is 11.4 Å². The van der Waals surface area contributed by atoms with E-state index in [9.17, 15) is 4.79 Å². The summed E-state index contributed by atoms with van der Waals surface area (Å²) < 4.78 is 1.45. The van der Waals surface area contributed by atoms with E-state index in [0.29, 0.717) is 11.4 Å². The summed E-state index contributed by atoms with van der Waals surface area (Å²) in [6.45, 7) is 2.01. The van der Waals surface area contributed by atoms with Gasteiger partial charge in [-0.3, -0.25) is 4.79 Å². The van der Waals surface area contributed by atoms with E-state index in [0.717, 1.165) is 5.56 Å². The molecule has 1 aromatic heterocycles. The molecule has 1 aromatic carbocycles. The quantitative estimate of drug-likeness (QED) is 0.765. The highest BCUT2D eigenvalue weighted by molar-refractivity contribution is 5.94. The lowest BCUT2D eigenvalue weighted by atomic mass is 10.1. The molecule has 2 aromatic rings. The van der Waals surface area contributed by atoms with E-state index in [4.69, 9.17) is 5.73 Å². The molecule has 6 heteroatoms. The van der Waals surface area contributed by atoms with E-state index >= 15 is 0 Å². The second-order valence-corrected chi connectivity index (χ2v) is 3.68. The number of hydrogen-bond donors (Lipinski definition) is 2. The second-order valence-electron chi connectivity index (χ2n) is 3.68. The third kappa shape index (κ3) is 2.60. The van der Waals surface area contributed by atoms with Crippen LogP contribution in [0.25, 0.3) is 0 Å². The minimum Gasteiger partial charge on any atom is -0.397 e. The van der Waals surface area contributed by atoms with Crippen molar-refractivity contribution in [3.05, 3.63) is 36.4 Å². The molecule has 17 heavy (non-hydrogen) atoms. The lowest BCUT2D eigenvalue weighted by Gasteiger charge is -2.10. The molecular formula is C11H13N5O. The Morgan fingerprint density at radius 1 is 1.53 bits per heavy atom. The molecule has 0 aliphatic rings. The molecule has 0 bridgehead atoms. The van der Waals surface area contributed by atoms with Crippen molar-refractivity contribution < 1.29 is 4.79 Å². The molecule has 1 heterocycles. The number of carbonyl (C=O) groups is 1. The number of nitrogens with two attached hydrogens (primary N) is 1. The normalized spacial score (nSPS) is 10.2. The molecule has 6 nitrogen and oxygen atoms in total. The van der Waals surface area contributed by atoms with Crippen molar-refractivity contribution in [2.75, 3.05) is 11.1 Å². The predicted octanol–water partition coefficient (Wildman–Crippen LogP) is 0.807. The zero-order valence-corrected chi connectivity index (χ0v) is 9.42. The van der Waals surface area contributed by atoms with E-state index in [1.54, 1.807) is 6.07 Å². The average Bonchev–Trinajstić information content (AvgIpc) is 2.76. The lowest BCUT2D eigenvalue weighted by Crippen LogP contribution is -2.20. The fourth-order valence-corrected chi connectivity index (χ4v) is 1.50. The van der Waals surface area contributed by atoms with Crippen LogP contribution < -0.4 is 11.1 Å². The molecule has 0 fully saturated rings. The highest BCUT2D eigenvalue weighted by Crippen LogP contribution is 2.22. The van der Waals surface area contributed by atoms with Crippen molar-refractivity contribution in [2.24, 2.45) is 0 Å². The van der Waals surface area contributed by atoms with Crippen LogP contribution in [0.1, 0.15) is 5.56 Å². The molecule has 2 rings (SSSR count). The zero-order chi connectivity index (χ0) is 12.3. The van der Waals surface area contributed by atoms with Crippen molar-refractivity contribution in [2.45, 2.75) is 13.5 Å². The molecule has 0 atom stereocenters. The Kier molecular flexibility index (Phi) is 3.04. The molecule has 0 aliphatic carbocycles. The van der Waals surface area contributed by atoms with Crippen LogP contribution in [0.2, 0.25) is 0 Å². The molecule has 0 saturated heterocycles. The summed E-state index contributed by atoms with van der Waals surface area (Å²) in [5.74, 6) is -0.184. The van der Waals surface area contributed by atoms with Gasteiger partial charge in [0.1, 0.15) is 19.2 Å². The number of aryl methyl sites for hydroxylation is 1. The van der Waals surface area contributed by atoms with Crippen molar-refractivity contribution in [1.82, 2.24) is 14.8 Å². The van der Waals surface area contributed by atoms with Crippen LogP contribution in [-0.2, 0) is 11.3 Å². The fraction of sp³-hybridized carbons (Fsp3) is 0.182. The maximum absolute atomic E-state index is 11.7. The van der Waals surface area contributed by atoms with Gasteiger partial charge in [0.2, 0.25) is 5.91 Å². The molecule has 0 aliphatic heterocycles. The van der Waals surface area contributed by atoms with Gasteiger partial charge in [0.25, 0.3) is 0 Å². The number of carbonyl (C=O) groups excluding carboxylic acids is 1. The SMILES string of the molecule is Cc1cccc(N)c1NC(=O)Cn1cncn1. The standard InChI is InChI=1S/C11H13N5O/c1-8-3-2-4-9(12)11(8)15-10(17)5-16-7-13-6-14-16/h2-4,6-7H,5,12H2,1H3,(H,15,17). The van der Waals surface area contributed by atoms with Gasteiger partial charge in [-0.1, -0.05) is 12.1 Å². The van der Waals surface area contributed by atoms with Crippen molar-refractivity contribution >= 4 is 17.3 Å². The van der Waals surface area contributed by atoms with Gasteiger partial charge in [0, 0.05) is 0 Å². The van der Waals surface area contributed by atoms with E-state index in [-0.39, 0.29) is 12.5 Å². The van der Waals surface area contributed by atoms with E-state index in [1.807, 2.05) is 19.1 Å². The Labute approximate surface area is 98.5 Å². The molecule has 3 N–H and O–H groups in total. The van der Waals surface area contributed by atoms with Crippen LogP contribution in [-0.4, -0.2) is 20.7 Å². The Morgan fingerprint density at radius 3 is 3.00 bits per heavy atom. The number of aromatic nitrogens is 3.